The fourth-order valence-electron chi connectivity index (χ4n) is 4.98. The Kier molecular flexibility index (Phi) is 6.27. The molecule has 8 heteroatoms. The third-order valence-corrected chi connectivity index (χ3v) is 6.66. The van der Waals surface area contributed by atoms with Gasteiger partial charge in [0, 0.05) is 25.4 Å². The molecule has 5 rings (SSSR count). The molecule has 1 aliphatic carbocycles. The lowest BCUT2D eigenvalue weighted by Crippen LogP contribution is -2.28. The number of ether oxygens (including phenoxy) is 1. The maximum Gasteiger partial charge on any atom is 0.407 e. The van der Waals surface area contributed by atoms with Crippen molar-refractivity contribution < 1.29 is 28.6 Å². The van der Waals surface area contributed by atoms with Crippen LogP contribution in [0.1, 0.15) is 46.2 Å². The van der Waals surface area contributed by atoms with Crippen molar-refractivity contribution >= 4 is 18.0 Å². The Morgan fingerprint density at radius 3 is 2.37 bits per heavy atom. The molecule has 0 spiro atoms. The number of rotatable bonds is 7. The molecule has 3 aromatic rings. The van der Waals surface area contributed by atoms with Crippen molar-refractivity contribution in [3.63, 3.8) is 0 Å². The first-order valence-corrected chi connectivity index (χ1v) is 11.7. The lowest BCUT2D eigenvalue weighted by Gasteiger charge is -2.15. The van der Waals surface area contributed by atoms with Gasteiger partial charge in [-0.1, -0.05) is 48.5 Å². The van der Waals surface area contributed by atoms with E-state index in [9.17, 15) is 14.4 Å². The van der Waals surface area contributed by atoms with Gasteiger partial charge in [0.2, 0.25) is 0 Å². The van der Waals surface area contributed by atoms with Gasteiger partial charge in [-0.2, -0.15) is 0 Å². The molecule has 2 heterocycles. The van der Waals surface area contributed by atoms with E-state index in [1.54, 1.807) is 17.0 Å². The number of benzene rings is 2. The predicted octanol–water partition coefficient (Wildman–Crippen LogP) is 4.26. The molecule has 1 fully saturated rings. The van der Waals surface area contributed by atoms with E-state index in [0.717, 1.165) is 22.3 Å². The molecule has 1 aromatic heterocycles. The van der Waals surface area contributed by atoms with Crippen LogP contribution in [0.5, 0.6) is 0 Å². The molecule has 8 nitrogen and oxygen atoms in total. The number of likely N-dealkylation sites (tertiary alicyclic amines) is 1. The van der Waals surface area contributed by atoms with Crippen LogP contribution in [-0.4, -0.2) is 47.7 Å². The van der Waals surface area contributed by atoms with E-state index >= 15 is 0 Å². The van der Waals surface area contributed by atoms with E-state index in [1.165, 1.54) is 0 Å². The monoisotopic (exact) mass is 474 g/mol. The largest absolute Gasteiger partial charge is 0.481 e. The Labute approximate surface area is 202 Å². The van der Waals surface area contributed by atoms with Gasteiger partial charge < -0.3 is 24.5 Å². The van der Waals surface area contributed by atoms with Crippen LogP contribution in [0.15, 0.2) is 65.1 Å². The molecule has 35 heavy (non-hydrogen) atoms. The Bertz CT molecular complexity index is 1220. The molecule has 2 N–H and O–H groups in total. The molecule has 1 unspecified atom stereocenters. The van der Waals surface area contributed by atoms with Crippen molar-refractivity contribution in [2.24, 2.45) is 5.92 Å². The molecular formula is C27H26N2O6. The number of fused-ring (bicyclic) bond motifs is 3. The van der Waals surface area contributed by atoms with Crippen LogP contribution in [0.2, 0.25) is 0 Å². The van der Waals surface area contributed by atoms with Gasteiger partial charge in [0.15, 0.2) is 5.76 Å². The third-order valence-electron chi connectivity index (χ3n) is 6.66. The van der Waals surface area contributed by atoms with Gasteiger partial charge >= 0.3 is 12.1 Å². The van der Waals surface area contributed by atoms with Crippen molar-refractivity contribution in [3.8, 4) is 11.1 Å². The molecular weight excluding hydrogens is 448 g/mol. The summed E-state index contributed by atoms with van der Waals surface area (Å²) in [6.45, 7) is 1.21. The molecule has 2 amide bonds. The highest BCUT2D eigenvalue weighted by Crippen LogP contribution is 2.44. The van der Waals surface area contributed by atoms with Crippen LogP contribution in [0.25, 0.3) is 11.1 Å². The smallest absolute Gasteiger partial charge is 0.407 e. The average Bonchev–Trinajstić information content (AvgIpc) is 3.59. The number of amides is 2. The van der Waals surface area contributed by atoms with Gasteiger partial charge in [0.25, 0.3) is 5.91 Å². The zero-order chi connectivity index (χ0) is 24.4. The van der Waals surface area contributed by atoms with E-state index in [4.69, 9.17) is 14.3 Å². The van der Waals surface area contributed by atoms with Gasteiger partial charge in [0.1, 0.15) is 12.4 Å². The molecule has 0 radical (unpaired) electrons. The molecule has 0 saturated carbocycles. The molecule has 1 atom stereocenters. The van der Waals surface area contributed by atoms with Gasteiger partial charge in [-0.3, -0.25) is 9.59 Å². The number of carbonyl (C=O) groups excluding carboxylic acids is 2. The molecule has 180 valence electrons. The SMILES string of the molecule is O=C(O)CC1CCN(C(=O)c2ccc(CNC(=O)OCC3c4ccccc4-c4ccccc43)o2)C1. The number of nitrogens with one attached hydrogen (secondary N) is 1. The van der Waals surface area contributed by atoms with Crippen LogP contribution >= 0.6 is 0 Å². The fraction of sp³-hybridized carbons (Fsp3) is 0.296. The topological polar surface area (TPSA) is 109 Å². The molecule has 2 aliphatic rings. The van der Waals surface area contributed by atoms with E-state index < -0.39 is 12.1 Å². The molecule has 1 aliphatic heterocycles. The second-order valence-electron chi connectivity index (χ2n) is 8.95. The predicted molar refractivity (Wildman–Crippen MR) is 127 cm³/mol. The summed E-state index contributed by atoms with van der Waals surface area (Å²) < 4.78 is 11.1. The summed E-state index contributed by atoms with van der Waals surface area (Å²) in [6, 6.07) is 19.5. The number of nitrogens with zero attached hydrogens (tertiary/aromatic N) is 1. The highest BCUT2D eigenvalue weighted by molar-refractivity contribution is 5.91. The summed E-state index contributed by atoms with van der Waals surface area (Å²) in [7, 11) is 0. The van der Waals surface area contributed by atoms with Crippen LogP contribution in [0.3, 0.4) is 0 Å². The first kappa shape index (κ1) is 22.7. The van der Waals surface area contributed by atoms with Gasteiger partial charge in [-0.25, -0.2) is 4.79 Å². The summed E-state index contributed by atoms with van der Waals surface area (Å²) in [4.78, 5) is 37.5. The zero-order valence-electron chi connectivity index (χ0n) is 19.1. The molecule has 0 bridgehead atoms. The minimum absolute atomic E-state index is 0.0219. The van der Waals surface area contributed by atoms with Gasteiger partial charge in [-0.05, 0) is 46.7 Å². The third kappa shape index (κ3) is 4.77. The quantitative estimate of drug-likeness (QED) is 0.530. The standard InChI is InChI=1S/C27H26N2O6/c30-25(31)13-17-11-12-29(15-17)26(32)24-10-9-18(35-24)14-28-27(33)34-16-23-21-7-3-1-5-19(21)20-6-2-4-8-22(20)23/h1-10,17,23H,11-16H2,(H,28,33)(H,30,31). The summed E-state index contributed by atoms with van der Waals surface area (Å²) in [5.41, 5.74) is 4.61. The highest BCUT2D eigenvalue weighted by Gasteiger charge is 2.30. The highest BCUT2D eigenvalue weighted by atomic mass is 16.5. The maximum absolute atomic E-state index is 12.7. The Hall–Kier alpha value is -4.07. The molecule has 2 aromatic carbocycles. The van der Waals surface area contributed by atoms with E-state index in [2.05, 4.69) is 29.6 Å². The number of carboxylic acids is 1. The van der Waals surface area contributed by atoms with Crippen molar-refractivity contribution in [2.45, 2.75) is 25.3 Å². The Morgan fingerprint density at radius 2 is 1.69 bits per heavy atom. The van der Waals surface area contributed by atoms with Gasteiger partial charge in [-0.15, -0.1) is 0 Å². The van der Waals surface area contributed by atoms with Crippen LogP contribution in [-0.2, 0) is 16.1 Å². The summed E-state index contributed by atoms with van der Waals surface area (Å²) in [5, 5.41) is 11.6. The second-order valence-corrected chi connectivity index (χ2v) is 8.95. The minimum atomic E-state index is -0.858. The van der Waals surface area contributed by atoms with E-state index in [1.807, 2.05) is 24.3 Å². The van der Waals surface area contributed by atoms with E-state index in [-0.39, 0.29) is 43.1 Å². The Morgan fingerprint density at radius 1 is 1.00 bits per heavy atom. The normalized spacial score (nSPS) is 16.6. The van der Waals surface area contributed by atoms with Crippen molar-refractivity contribution in [1.29, 1.82) is 0 Å². The van der Waals surface area contributed by atoms with Crippen molar-refractivity contribution in [1.82, 2.24) is 10.2 Å². The number of hydrogen-bond donors (Lipinski definition) is 2. The average molecular weight is 475 g/mol. The minimum Gasteiger partial charge on any atom is -0.481 e. The molecule has 1 saturated heterocycles. The number of aliphatic carboxylic acids is 1. The summed E-state index contributed by atoms with van der Waals surface area (Å²) >= 11 is 0. The van der Waals surface area contributed by atoms with Crippen molar-refractivity contribution in [2.75, 3.05) is 19.7 Å². The number of carboxylic acid groups (broad SMARTS) is 1. The first-order valence-electron chi connectivity index (χ1n) is 11.7. The Balaban J connectivity index is 1.13. The maximum atomic E-state index is 12.7. The van der Waals surface area contributed by atoms with Crippen LogP contribution in [0.4, 0.5) is 4.79 Å². The summed E-state index contributed by atoms with van der Waals surface area (Å²) in [5.74, 6) is -0.588. The lowest BCUT2D eigenvalue weighted by atomic mass is 9.98. The number of alkyl carbamates (subject to hydrolysis) is 1. The fourth-order valence-corrected chi connectivity index (χ4v) is 4.98. The number of furan rings is 1. The van der Waals surface area contributed by atoms with Crippen LogP contribution in [0, 0.1) is 5.92 Å². The van der Waals surface area contributed by atoms with Crippen molar-refractivity contribution in [3.05, 3.63) is 83.3 Å². The number of hydrogen-bond acceptors (Lipinski definition) is 5. The van der Waals surface area contributed by atoms with Crippen LogP contribution < -0.4 is 5.32 Å². The number of carbonyl (C=O) groups is 3. The second kappa shape index (κ2) is 9.66. The summed E-state index contributed by atoms with van der Waals surface area (Å²) in [6.07, 6.45) is 0.152. The van der Waals surface area contributed by atoms with Gasteiger partial charge in [0.05, 0.1) is 6.54 Å². The van der Waals surface area contributed by atoms with E-state index in [0.29, 0.717) is 25.3 Å². The first-order chi connectivity index (χ1) is 17.0. The lowest BCUT2D eigenvalue weighted by molar-refractivity contribution is -0.138. The zero-order valence-corrected chi connectivity index (χ0v) is 19.1.